The Morgan fingerprint density at radius 1 is 1.18 bits per heavy atom. The highest BCUT2D eigenvalue weighted by Crippen LogP contribution is 2.34. The molecule has 0 amide bonds. The van der Waals surface area contributed by atoms with Crippen molar-refractivity contribution in [3.8, 4) is 10.6 Å². The summed E-state index contributed by atoms with van der Waals surface area (Å²) in [5.74, 6) is 0.655. The highest BCUT2D eigenvalue weighted by molar-refractivity contribution is 7.91. The van der Waals surface area contributed by atoms with Crippen molar-refractivity contribution in [3.05, 3.63) is 23.4 Å². The molecular weight excluding hydrogens is 322 g/mol. The first kappa shape index (κ1) is 15.7. The number of thiophene rings is 1. The fourth-order valence-electron chi connectivity index (χ4n) is 2.38. The van der Waals surface area contributed by atoms with Crippen LogP contribution in [-0.2, 0) is 10.0 Å². The number of hydrogen-bond acceptors (Lipinski definition) is 6. The van der Waals surface area contributed by atoms with E-state index in [9.17, 15) is 8.42 Å². The summed E-state index contributed by atoms with van der Waals surface area (Å²) in [5.41, 5.74) is 1.78. The molecule has 1 fully saturated rings. The van der Waals surface area contributed by atoms with Crippen LogP contribution in [-0.4, -0.2) is 56.0 Å². The van der Waals surface area contributed by atoms with E-state index in [1.54, 1.807) is 16.4 Å². The van der Waals surface area contributed by atoms with Gasteiger partial charge in [0.2, 0.25) is 0 Å². The molecule has 2 aromatic heterocycles. The van der Waals surface area contributed by atoms with Gasteiger partial charge in [-0.15, -0.1) is 11.3 Å². The molecule has 0 aromatic carbocycles. The lowest BCUT2D eigenvalue weighted by molar-refractivity contribution is 0.222. The van der Waals surface area contributed by atoms with Gasteiger partial charge in [0.05, 0.1) is 10.6 Å². The van der Waals surface area contributed by atoms with Gasteiger partial charge in [0.15, 0.2) is 5.76 Å². The molecular formula is C14H19N3O3S2. The standard InChI is InChI=1S/C14H19N3O3S2/c1-10-11(2)15-20-14(10)12-4-5-13(21-12)22(18,19)17-8-6-16(3)7-9-17/h4-5H,6-9H2,1-3H3. The Kier molecular flexibility index (Phi) is 4.11. The van der Waals surface area contributed by atoms with Crippen LogP contribution in [0.5, 0.6) is 0 Å². The minimum atomic E-state index is -3.42. The zero-order valence-corrected chi connectivity index (χ0v) is 14.5. The van der Waals surface area contributed by atoms with Gasteiger partial charge < -0.3 is 9.42 Å². The van der Waals surface area contributed by atoms with Gasteiger partial charge in [-0.3, -0.25) is 0 Å². The maximum Gasteiger partial charge on any atom is 0.252 e. The number of piperazine rings is 1. The molecule has 1 aliphatic rings. The normalized spacial score (nSPS) is 18.0. The van der Waals surface area contributed by atoms with Crippen molar-refractivity contribution in [2.24, 2.45) is 0 Å². The van der Waals surface area contributed by atoms with E-state index >= 15 is 0 Å². The van der Waals surface area contributed by atoms with Crippen molar-refractivity contribution < 1.29 is 12.9 Å². The van der Waals surface area contributed by atoms with Crippen molar-refractivity contribution in [3.63, 3.8) is 0 Å². The third kappa shape index (κ3) is 2.71. The van der Waals surface area contributed by atoms with Crippen LogP contribution >= 0.6 is 11.3 Å². The third-order valence-electron chi connectivity index (χ3n) is 4.02. The summed E-state index contributed by atoms with van der Waals surface area (Å²) in [5, 5.41) is 3.93. The van der Waals surface area contributed by atoms with Gasteiger partial charge in [0.25, 0.3) is 10.0 Å². The molecule has 0 aliphatic carbocycles. The van der Waals surface area contributed by atoms with Crippen LogP contribution in [0.1, 0.15) is 11.3 Å². The first-order valence-corrected chi connectivity index (χ1v) is 9.37. The molecule has 3 rings (SSSR count). The van der Waals surface area contributed by atoms with Crippen molar-refractivity contribution in [2.75, 3.05) is 33.2 Å². The SMILES string of the molecule is Cc1noc(-c2ccc(S(=O)(=O)N3CCN(C)CC3)s2)c1C. The molecule has 0 saturated carbocycles. The van der Waals surface area contributed by atoms with E-state index in [4.69, 9.17) is 4.52 Å². The zero-order chi connectivity index (χ0) is 15.9. The number of aryl methyl sites for hydroxylation is 1. The molecule has 2 aromatic rings. The van der Waals surface area contributed by atoms with Crippen LogP contribution < -0.4 is 0 Å². The van der Waals surface area contributed by atoms with E-state index in [-0.39, 0.29) is 0 Å². The first-order valence-electron chi connectivity index (χ1n) is 7.11. The molecule has 120 valence electrons. The Balaban J connectivity index is 1.88. The summed E-state index contributed by atoms with van der Waals surface area (Å²) in [7, 11) is -1.41. The lowest BCUT2D eigenvalue weighted by Gasteiger charge is -2.31. The fourth-order valence-corrected chi connectivity index (χ4v) is 5.30. The lowest BCUT2D eigenvalue weighted by atomic mass is 10.2. The van der Waals surface area contributed by atoms with E-state index in [2.05, 4.69) is 10.1 Å². The Hall–Kier alpha value is -1.22. The molecule has 0 N–H and O–H groups in total. The third-order valence-corrected chi connectivity index (χ3v) is 7.47. The second-order valence-electron chi connectivity index (χ2n) is 5.55. The summed E-state index contributed by atoms with van der Waals surface area (Å²) in [4.78, 5) is 2.93. The average molecular weight is 341 g/mol. The van der Waals surface area contributed by atoms with Gasteiger partial charge >= 0.3 is 0 Å². The Labute approximate surface area is 134 Å². The number of rotatable bonds is 3. The molecule has 0 unspecified atom stereocenters. The minimum absolute atomic E-state index is 0.362. The van der Waals surface area contributed by atoms with Crippen molar-refractivity contribution >= 4 is 21.4 Å². The predicted molar refractivity (Wildman–Crippen MR) is 85.5 cm³/mol. The lowest BCUT2D eigenvalue weighted by Crippen LogP contribution is -2.46. The van der Waals surface area contributed by atoms with Crippen molar-refractivity contribution in [1.29, 1.82) is 0 Å². The summed E-state index contributed by atoms with van der Waals surface area (Å²) >= 11 is 1.24. The van der Waals surface area contributed by atoms with E-state index in [0.29, 0.717) is 23.1 Å². The van der Waals surface area contributed by atoms with Gasteiger partial charge in [0.1, 0.15) is 4.21 Å². The monoisotopic (exact) mass is 341 g/mol. The molecule has 6 nitrogen and oxygen atoms in total. The number of likely N-dealkylation sites (N-methyl/N-ethyl adjacent to an activating group) is 1. The Morgan fingerprint density at radius 2 is 1.86 bits per heavy atom. The second kappa shape index (κ2) is 5.77. The molecule has 3 heterocycles. The quantitative estimate of drug-likeness (QED) is 0.854. The zero-order valence-electron chi connectivity index (χ0n) is 12.9. The van der Waals surface area contributed by atoms with Crippen molar-refractivity contribution in [1.82, 2.24) is 14.4 Å². The molecule has 0 radical (unpaired) electrons. The number of sulfonamides is 1. The molecule has 0 bridgehead atoms. The topological polar surface area (TPSA) is 66.7 Å². The van der Waals surface area contributed by atoms with Gasteiger partial charge in [-0.25, -0.2) is 8.42 Å². The highest BCUT2D eigenvalue weighted by atomic mass is 32.2. The van der Waals surface area contributed by atoms with Crippen LogP contribution in [0.15, 0.2) is 20.9 Å². The maximum absolute atomic E-state index is 12.7. The average Bonchev–Trinajstić information content (AvgIpc) is 3.08. The van der Waals surface area contributed by atoms with Crippen LogP contribution in [0.3, 0.4) is 0 Å². The van der Waals surface area contributed by atoms with Crippen LogP contribution in [0.4, 0.5) is 0 Å². The summed E-state index contributed by atoms with van der Waals surface area (Å²) in [6, 6.07) is 3.45. The Morgan fingerprint density at radius 3 is 2.45 bits per heavy atom. The Bertz CT molecular complexity index is 771. The molecule has 0 spiro atoms. The second-order valence-corrected chi connectivity index (χ2v) is 8.80. The van der Waals surface area contributed by atoms with Gasteiger partial charge in [-0.1, -0.05) is 5.16 Å². The molecule has 22 heavy (non-hydrogen) atoms. The first-order chi connectivity index (χ1) is 10.4. The largest absolute Gasteiger partial charge is 0.355 e. The summed E-state index contributed by atoms with van der Waals surface area (Å²) in [6.07, 6.45) is 0. The van der Waals surface area contributed by atoms with Crippen LogP contribution in [0.25, 0.3) is 10.6 Å². The van der Waals surface area contributed by atoms with Crippen molar-refractivity contribution in [2.45, 2.75) is 18.1 Å². The van der Waals surface area contributed by atoms with E-state index < -0.39 is 10.0 Å². The molecule has 8 heteroatoms. The van der Waals surface area contributed by atoms with E-state index in [0.717, 1.165) is 29.2 Å². The van der Waals surface area contributed by atoms with Gasteiger partial charge in [-0.05, 0) is 33.0 Å². The van der Waals surface area contributed by atoms with Gasteiger partial charge in [-0.2, -0.15) is 4.31 Å². The number of hydrogen-bond donors (Lipinski definition) is 0. The summed E-state index contributed by atoms with van der Waals surface area (Å²) in [6.45, 7) is 6.39. The molecule has 1 aliphatic heterocycles. The molecule has 0 atom stereocenters. The van der Waals surface area contributed by atoms with Crippen LogP contribution in [0, 0.1) is 13.8 Å². The number of nitrogens with zero attached hydrogens (tertiary/aromatic N) is 3. The molecule has 1 saturated heterocycles. The fraction of sp³-hybridized carbons (Fsp3) is 0.500. The van der Waals surface area contributed by atoms with E-state index in [1.807, 2.05) is 20.9 Å². The smallest absolute Gasteiger partial charge is 0.252 e. The summed E-state index contributed by atoms with van der Waals surface area (Å²) < 4.78 is 32.6. The maximum atomic E-state index is 12.7. The minimum Gasteiger partial charge on any atom is -0.355 e. The highest BCUT2D eigenvalue weighted by Gasteiger charge is 2.29. The predicted octanol–water partition coefficient (Wildman–Crippen LogP) is 1.96. The van der Waals surface area contributed by atoms with Crippen LogP contribution in [0.2, 0.25) is 0 Å². The number of aromatic nitrogens is 1. The van der Waals surface area contributed by atoms with E-state index in [1.165, 1.54) is 11.3 Å². The van der Waals surface area contributed by atoms with Gasteiger partial charge in [0, 0.05) is 31.7 Å².